The van der Waals surface area contributed by atoms with E-state index < -0.39 is 0 Å². The molecule has 4 rings (SSSR count). The van der Waals surface area contributed by atoms with Gasteiger partial charge in [-0.2, -0.15) is 15.2 Å². The lowest BCUT2D eigenvalue weighted by atomic mass is 10.1. The van der Waals surface area contributed by atoms with E-state index in [0.29, 0.717) is 29.1 Å². The molecule has 1 aliphatic rings. The molecule has 2 N–H and O–H groups in total. The Labute approximate surface area is 183 Å². The number of aromatic nitrogens is 3. The molecular formula is C24H30N6O. The van der Waals surface area contributed by atoms with Crippen LogP contribution < -0.4 is 10.5 Å². The maximum Gasteiger partial charge on any atom is 0.320 e. The Balaban J connectivity index is 1.59. The molecule has 1 saturated heterocycles. The Morgan fingerprint density at radius 3 is 2.45 bits per heavy atom. The summed E-state index contributed by atoms with van der Waals surface area (Å²) in [6.45, 7) is 8.01. The van der Waals surface area contributed by atoms with Crippen LogP contribution in [0, 0.1) is 11.3 Å². The smallest absolute Gasteiger partial charge is 0.320 e. The molecule has 1 atom stereocenters. The number of benzene rings is 1. The van der Waals surface area contributed by atoms with Crippen LogP contribution in [0.5, 0.6) is 6.01 Å². The predicted octanol–water partition coefficient (Wildman–Crippen LogP) is 4.10. The van der Waals surface area contributed by atoms with Crippen molar-refractivity contribution in [3.8, 4) is 12.1 Å². The second-order valence-electron chi connectivity index (χ2n) is 8.37. The Bertz CT molecular complexity index is 1080. The number of hydrogen-bond donors (Lipinski definition) is 1. The number of anilines is 1. The third-order valence-electron chi connectivity index (χ3n) is 5.85. The lowest BCUT2D eigenvalue weighted by Gasteiger charge is -2.15. The van der Waals surface area contributed by atoms with Gasteiger partial charge in [-0.1, -0.05) is 37.6 Å². The van der Waals surface area contributed by atoms with Crippen molar-refractivity contribution in [2.24, 2.45) is 0 Å². The molecule has 0 amide bonds. The first-order valence-corrected chi connectivity index (χ1v) is 11.1. The van der Waals surface area contributed by atoms with Crippen molar-refractivity contribution >= 4 is 16.9 Å². The molecular weight excluding hydrogens is 388 g/mol. The molecule has 31 heavy (non-hydrogen) atoms. The molecule has 162 valence electrons. The quantitative estimate of drug-likeness (QED) is 0.592. The highest BCUT2D eigenvalue weighted by Gasteiger charge is 2.17. The van der Waals surface area contributed by atoms with Gasteiger partial charge < -0.3 is 15.0 Å². The number of ether oxygens (including phenoxy) is 1. The number of rotatable bonds is 8. The molecule has 0 spiro atoms. The van der Waals surface area contributed by atoms with Gasteiger partial charge in [-0.3, -0.25) is 4.90 Å². The van der Waals surface area contributed by atoms with Gasteiger partial charge in [-0.05, 0) is 56.5 Å². The van der Waals surface area contributed by atoms with Gasteiger partial charge in [0.05, 0.1) is 18.0 Å². The molecule has 0 unspecified atom stereocenters. The maximum absolute atomic E-state index is 9.68. The Morgan fingerprint density at radius 1 is 1.13 bits per heavy atom. The van der Waals surface area contributed by atoms with E-state index in [4.69, 9.17) is 10.5 Å². The molecule has 1 aliphatic heterocycles. The normalized spacial score (nSPS) is 15.3. The van der Waals surface area contributed by atoms with Crippen molar-refractivity contribution in [1.29, 1.82) is 5.26 Å². The van der Waals surface area contributed by atoms with E-state index in [1.165, 1.54) is 31.5 Å². The fourth-order valence-electron chi connectivity index (χ4n) is 4.21. The number of fused-ring (bicyclic) bond motifs is 1. The van der Waals surface area contributed by atoms with Crippen molar-refractivity contribution < 1.29 is 4.74 Å². The van der Waals surface area contributed by atoms with Gasteiger partial charge in [0.1, 0.15) is 17.6 Å². The summed E-state index contributed by atoms with van der Waals surface area (Å²) in [4.78, 5) is 11.4. The molecule has 0 aliphatic carbocycles. The number of hydrogen-bond acceptors (Lipinski definition) is 6. The molecule has 1 aromatic carbocycles. The van der Waals surface area contributed by atoms with Crippen LogP contribution in [0.3, 0.4) is 0 Å². The second kappa shape index (κ2) is 9.36. The monoisotopic (exact) mass is 418 g/mol. The van der Waals surface area contributed by atoms with Crippen LogP contribution in [0.15, 0.2) is 30.3 Å². The summed E-state index contributed by atoms with van der Waals surface area (Å²) in [7, 11) is 0. The summed E-state index contributed by atoms with van der Waals surface area (Å²) >= 11 is 0. The van der Waals surface area contributed by atoms with Crippen molar-refractivity contribution in [3.63, 3.8) is 0 Å². The van der Waals surface area contributed by atoms with Crippen LogP contribution in [0.25, 0.3) is 11.0 Å². The van der Waals surface area contributed by atoms with Crippen LogP contribution in [-0.2, 0) is 13.1 Å². The lowest BCUT2D eigenvalue weighted by molar-refractivity contribution is 0.193. The first kappa shape index (κ1) is 21.1. The number of likely N-dealkylation sites (tertiary alicyclic amines) is 1. The Kier molecular flexibility index (Phi) is 6.38. The first-order chi connectivity index (χ1) is 15.1. The standard InChI is InChI=1S/C24H30N6O/c1-3-6-17(2)31-24-27-22(26)21-13-20(14-25)30(23(21)28-24)16-19-9-7-18(8-10-19)15-29-11-4-5-12-29/h7-10,13,17H,3-6,11-12,15-16H2,1-2H3,(H2,26,27,28)/t17-/m0/s1. The zero-order chi connectivity index (χ0) is 21.8. The molecule has 7 heteroatoms. The van der Waals surface area contributed by atoms with E-state index in [9.17, 15) is 5.26 Å². The van der Waals surface area contributed by atoms with Crippen molar-refractivity contribution in [2.75, 3.05) is 18.8 Å². The highest BCUT2D eigenvalue weighted by atomic mass is 16.5. The van der Waals surface area contributed by atoms with Gasteiger partial charge in [0, 0.05) is 6.54 Å². The maximum atomic E-state index is 9.68. The second-order valence-corrected chi connectivity index (χ2v) is 8.37. The van der Waals surface area contributed by atoms with Crippen LogP contribution in [0.1, 0.15) is 56.4 Å². The zero-order valence-corrected chi connectivity index (χ0v) is 18.3. The van der Waals surface area contributed by atoms with E-state index in [2.05, 4.69) is 52.1 Å². The summed E-state index contributed by atoms with van der Waals surface area (Å²) < 4.78 is 7.76. The van der Waals surface area contributed by atoms with E-state index in [-0.39, 0.29) is 12.1 Å². The van der Waals surface area contributed by atoms with Gasteiger partial charge in [-0.15, -0.1) is 0 Å². The van der Waals surface area contributed by atoms with Gasteiger partial charge in [0.25, 0.3) is 0 Å². The molecule has 3 heterocycles. The number of nitriles is 1. The summed E-state index contributed by atoms with van der Waals surface area (Å²) in [6, 6.07) is 12.9. The average Bonchev–Trinajstić information content (AvgIpc) is 3.38. The first-order valence-electron chi connectivity index (χ1n) is 11.1. The highest BCUT2D eigenvalue weighted by Crippen LogP contribution is 2.26. The third-order valence-corrected chi connectivity index (χ3v) is 5.85. The van der Waals surface area contributed by atoms with E-state index in [0.717, 1.165) is 24.9 Å². The van der Waals surface area contributed by atoms with E-state index in [1.54, 1.807) is 6.07 Å². The minimum Gasteiger partial charge on any atom is -0.460 e. The third kappa shape index (κ3) is 4.80. The Morgan fingerprint density at radius 2 is 1.81 bits per heavy atom. The minimum absolute atomic E-state index is 0.00357. The van der Waals surface area contributed by atoms with E-state index >= 15 is 0 Å². The molecule has 2 aromatic heterocycles. The van der Waals surface area contributed by atoms with Crippen LogP contribution in [0.2, 0.25) is 0 Å². The molecule has 0 radical (unpaired) electrons. The number of nitrogens with two attached hydrogens (primary N) is 1. The van der Waals surface area contributed by atoms with Crippen molar-refractivity contribution in [2.45, 2.75) is 58.7 Å². The van der Waals surface area contributed by atoms with Crippen LogP contribution in [0.4, 0.5) is 5.82 Å². The number of nitrogens with zero attached hydrogens (tertiary/aromatic N) is 5. The number of nitrogen functional groups attached to an aromatic ring is 1. The fraction of sp³-hybridized carbons (Fsp3) is 0.458. The fourth-order valence-corrected chi connectivity index (χ4v) is 4.21. The summed E-state index contributed by atoms with van der Waals surface area (Å²) in [6.07, 6.45) is 4.52. The predicted molar refractivity (Wildman–Crippen MR) is 122 cm³/mol. The molecule has 0 bridgehead atoms. The molecule has 7 nitrogen and oxygen atoms in total. The summed E-state index contributed by atoms with van der Waals surface area (Å²) in [5, 5.41) is 10.4. The SMILES string of the molecule is CCC[C@H](C)Oc1nc(N)c2cc(C#N)n(Cc3ccc(CN4CCCC4)cc3)c2n1. The van der Waals surface area contributed by atoms with Crippen molar-refractivity contribution in [3.05, 3.63) is 47.2 Å². The largest absolute Gasteiger partial charge is 0.460 e. The summed E-state index contributed by atoms with van der Waals surface area (Å²) in [5.74, 6) is 0.333. The zero-order valence-electron chi connectivity index (χ0n) is 18.3. The van der Waals surface area contributed by atoms with Crippen molar-refractivity contribution in [1.82, 2.24) is 19.4 Å². The average molecular weight is 419 g/mol. The summed E-state index contributed by atoms with van der Waals surface area (Å²) in [5.41, 5.74) is 9.74. The molecule has 3 aromatic rings. The lowest BCUT2D eigenvalue weighted by Crippen LogP contribution is -2.18. The van der Waals surface area contributed by atoms with Crippen LogP contribution >= 0.6 is 0 Å². The van der Waals surface area contributed by atoms with Gasteiger partial charge >= 0.3 is 6.01 Å². The van der Waals surface area contributed by atoms with Crippen LogP contribution in [-0.4, -0.2) is 38.6 Å². The molecule has 0 saturated carbocycles. The Hall–Kier alpha value is -3.11. The highest BCUT2D eigenvalue weighted by molar-refractivity contribution is 5.88. The molecule has 1 fully saturated rings. The minimum atomic E-state index is 0.00357. The van der Waals surface area contributed by atoms with Gasteiger partial charge in [0.15, 0.2) is 5.65 Å². The van der Waals surface area contributed by atoms with Gasteiger partial charge in [-0.25, -0.2) is 0 Å². The van der Waals surface area contributed by atoms with Gasteiger partial charge in [0.2, 0.25) is 0 Å². The topological polar surface area (TPSA) is 93.0 Å². The van der Waals surface area contributed by atoms with E-state index in [1.807, 2.05) is 11.5 Å².